The second kappa shape index (κ2) is 5.55. The van der Waals surface area contributed by atoms with Crippen molar-refractivity contribution in [3.8, 4) is 6.07 Å². The van der Waals surface area contributed by atoms with Gasteiger partial charge < -0.3 is 15.8 Å². The average Bonchev–Trinajstić information content (AvgIpc) is 2.38. The Balaban J connectivity index is 1.96. The molecule has 1 fully saturated rings. The van der Waals surface area contributed by atoms with Gasteiger partial charge in [0.25, 0.3) is 0 Å². The third-order valence-corrected chi connectivity index (χ3v) is 3.09. The summed E-state index contributed by atoms with van der Waals surface area (Å²) < 4.78 is 5.32. The summed E-state index contributed by atoms with van der Waals surface area (Å²) in [4.78, 5) is 0. The van der Waals surface area contributed by atoms with Gasteiger partial charge in [0, 0.05) is 25.4 Å². The fraction of sp³-hybridized carbons (Fsp3) is 0.462. The van der Waals surface area contributed by atoms with Crippen LogP contribution in [-0.4, -0.2) is 19.8 Å². The Hall–Kier alpha value is -1.73. The topological polar surface area (TPSA) is 71.1 Å². The Morgan fingerprint density at radius 2 is 2.18 bits per heavy atom. The van der Waals surface area contributed by atoms with Gasteiger partial charge >= 0.3 is 0 Å². The molecule has 1 aromatic carbocycles. The molecule has 1 heterocycles. The minimum absolute atomic E-state index is 0.608. The van der Waals surface area contributed by atoms with Gasteiger partial charge in [0.2, 0.25) is 0 Å². The zero-order valence-electron chi connectivity index (χ0n) is 9.78. The number of benzene rings is 1. The molecule has 0 saturated carbocycles. The van der Waals surface area contributed by atoms with E-state index in [0.29, 0.717) is 17.2 Å². The van der Waals surface area contributed by atoms with Gasteiger partial charge in [-0.2, -0.15) is 5.26 Å². The van der Waals surface area contributed by atoms with Crippen molar-refractivity contribution in [1.82, 2.24) is 0 Å². The summed E-state index contributed by atoms with van der Waals surface area (Å²) in [5.74, 6) is 0.632. The van der Waals surface area contributed by atoms with Gasteiger partial charge in [-0.1, -0.05) is 0 Å². The van der Waals surface area contributed by atoms with Gasteiger partial charge in [0.05, 0.1) is 11.3 Å². The molecular formula is C13H17N3O. The smallest absolute Gasteiger partial charge is 0.101 e. The largest absolute Gasteiger partial charge is 0.399 e. The van der Waals surface area contributed by atoms with E-state index in [1.165, 1.54) is 0 Å². The first kappa shape index (κ1) is 11.7. The standard InChI is InChI=1S/C13H17N3O/c14-8-11-7-12(15)1-2-13(11)16-9-10-3-5-17-6-4-10/h1-2,7,10,16H,3-6,9,15H2. The van der Waals surface area contributed by atoms with E-state index in [4.69, 9.17) is 15.7 Å². The number of ether oxygens (including phenoxy) is 1. The van der Waals surface area contributed by atoms with Gasteiger partial charge in [-0.3, -0.25) is 0 Å². The maximum Gasteiger partial charge on any atom is 0.101 e. The average molecular weight is 231 g/mol. The van der Waals surface area contributed by atoms with E-state index in [0.717, 1.165) is 38.3 Å². The first-order chi connectivity index (χ1) is 8.29. The molecule has 4 nitrogen and oxygen atoms in total. The minimum atomic E-state index is 0.608. The van der Waals surface area contributed by atoms with E-state index in [1.54, 1.807) is 6.07 Å². The molecule has 4 heteroatoms. The van der Waals surface area contributed by atoms with Crippen molar-refractivity contribution in [2.24, 2.45) is 5.92 Å². The lowest BCUT2D eigenvalue weighted by molar-refractivity contribution is 0.0699. The van der Waals surface area contributed by atoms with Crippen LogP contribution in [0.25, 0.3) is 0 Å². The number of nitrogens with two attached hydrogens (primary N) is 1. The van der Waals surface area contributed by atoms with Crippen LogP contribution in [0, 0.1) is 17.2 Å². The molecule has 0 amide bonds. The van der Waals surface area contributed by atoms with E-state index in [1.807, 2.05) is 12.1 Å². The number of hydrogen-bond donors (Lipinski definition) is 2. The molecule has 0 aliphatic carbocycles. The monoisotopic (exact) mass is 231 g/mol. The van der Waals surface area contributed by atoms with Crippen LogP contribution >= 0.6 is 0 Å². The summed E-state index contributed by atoms with van der Waals surface area (Å²) in [6.45, 7) is 2.58. The zero-order chi connectivity index (χ0) is 12.1. The zero-order valence-corrected chi connectivity index (χ0v) is 9.78. The molecule has 0 atom stereocenters. The Morgan fingerprint density at radius 1 is 1.41 bits per heavy atom. The maximum absolute atomic E-state index is 9.01. The molecule has 2 rings (SSSR count). The molecule has 1 aromatic rings. The fourth-order valence-electron chi connectivity index (χ4n) is 2.01. The molecule has 0 bridgehead atoms. The molecule has 17 heavy (non-hydrogen) atoms. The first-order valence-corrected chi connectivity index (χ1v) is 5.91. The van der Waals surface area contributed by atoms with E-state index in [-0.39, 0.29) is 0 Å². The highest BCUT2D eigenvalue weighted by Gasteiger charge is 2.13. The molecule has 0 radical (unpaired) electrons. The van der Waals surface area contributed by atoms with Crippen molar-refractivity contribution in [3.63, 3.8) is 0 Å². The third-order valence-electron chi connectivity index (χ3n) is 3.09. The summed E-state index contributed by atoms with van der Waals surface area (Å²) in [5, 5.41) is 12.3. The van der Waals surface area contributed by atoms with Crippen LogP contribution in [0.2, 0.25) is 0 Å². The van der Waals surface area contributed by atoms with Crippen LogP contribution in [0.5, 0.6) is 0 Å². The number of hydrogen-bond acceptors (Lipinski definition) is 4. The van der Waals surface area contributed by atoms with Crippen LogP contribution in [0.1, 0.15) is 18.4 Å². The first-order valence-electron chi connectivity index (χ1n) is 5.91. The normalized spacial score (nSPS) is 16.4. The minimum Gasteiger partial charge on any atom is -0.399 e. The number of nitrogens with zero attached hydrogens (tertiary/aromatic N) is 1. The maximum atomic E-state index is 9.01. The number of nitrogen functional groups attached to an aromatic ring is 1. The lowest BCUT2D eigenvalue weighted by atomic mass is 10.00. The Bertz CT molecular complexity index is 419. The quantitative estimate of drug-likeness (QED) is 0.780. The Morgan fingerprint density at radius 3 is 2.88 bits per heavy atom. The number of anilines is 2. The van der Waals surface area contributed by atoms with Crippen molar-refractivity contribution in [2.45, 2.75) is 12.8 Å². The van der Waals surface area contributed by atoms with Crippen molar-refractivity contribution in [1.29, 1.82) is 5.26 Å². The van der Waals surface area contributed by atoms with Crippen LogP contribution in [0.15, 0.2) is 18.2 Å². The summed E-state index contributed by atoms with van der Waals surface area (Å²) in [5.41, 5.74) is 7.75. The highest BCUT2D eigenvalue weighted by atomic mass is 16.5. The Kier molecular flexibility index (Phi) is 3.84. The van der Waals surface area contributed by atoms with E-state index in [2.05, 4.69) is 11.4 Å². The summed E-state index contributed by atoms with van der Waals surface area (Å²) in [6.07, 6.45) is 2.17. The van der Waals surface area contributed by atoms with Crippen LogP contribution in [0.4, 0.5) is 11.4 Å². The van der Waals surface area contributed by atoms with Crippen molar-refractivity contribution < 1.29 is 4.74 Å². The number of nitriles is 1. The van der Waals surface area contributed by atoms with Crippen molar-refractivity contribution in [2.75, 3.05) is 30.8 Å². The Labute approximate surface area is 101 Å². The molecule has 0 aromatic heterocycles. The van der Waals surface area contributed by atoms with Crippen LogP contribution < -0.4 is 11.1 Å². The lowest BCUT2D eigenvalue weighted by Crippen LogP contribution is -2.22. The van der Waals surface area contributed by atoms with Gasteiger partial charge in [-0.25, -0.2) is 0 Å². The van der Waals surface area contributed by atoms with E-state index in [9.17, 15) is 0 Å². The predicted molar refractivity (Wildman–Crippen MR) is 67.6 cm³/mol. The number of rotatable bonds is 3. The highest BCUT2D eigenvalue weighted by molar-refractivity contribution is 5.62. The molecule has 90 valence electrons. The fourth-order valence-corrected chi connectivity index (χ4v) is 2.01. The molecule has 0 unspecified atom stereocenters. The van der Waals surface area contributed by atoms with Gasteiger partial charge in [-0.05, 0) is 37.0 Å². The molecular weight excluding hydrogens is 214 g/mol. The lowest BCUT2D eigenvalue weighted by Gasteiger charge is -2.22. The highest BCUT2D eigenvalue weighted by Crippen LogP contribution is 2.20. The van der Waals surface area contributed by atoms with Crippen molar-refractivity contribution in [3.05, 3.63) is 23.8 Å². The van der Waals surface area contributed by atoms with Crippen LogP contribution in [0.3, 0.4) is 0 Å². The summed E-state index contributed by atoms with van der Waals surface area (Å²) in [7, 11) is 0. The molecule has 0 spiro atoms. The van der Waals surface area contributed by atoms with E-state index < -0.39 is 0 Å². The second-order valence-corrected chi connectivity index (χ2v) is 4.35. The molecule has 1 saturated heterocycles. The predicted octanol–water partition coefficient (Wildman–Crippen LogP) is 1.98. The van der Waals surface area contributed by atoms with Gasteiger partial charge in [-0.15, -0.1) is 0 Å². The molecule has 3 N–H and O–H groups in total. The third kappa shape index (κ3) is 3.11. The van der Waals surface area contributed by atoms with Crippen molar-refractivity contribution >= 4 is 11.4 Å². The molecule has 1 aliphatic heterocycles. The van der Waals surface area contributed by atoms with E-state index >= 15 is 0 Å². The van der Waals surface area contributed by atoms with Gasteiger partial charge in [0.15, 0.2) is 0 Å². The van der Waals surface area contributed by atoms with Gasteiger partial charge in [0.1, 0.15) is 6.07 Å². The molecule has 1 aliphatic rings. The SMILES string of the molecule is N#Cc1cc(N)ccc1NCC1CCOCC1. The second-order valence-electron chi connectivity index (χ2n) is 4.35. The summed E-state index contributed by atoms with van der Waals surface area (Å²) >= 11 is 0. The summed E-state index contributed by atoms with van der Waals surface area (Å²) in [6, 6.07) is 7.54. The number of nitrogens with one attached hydrogen (secondary N) is 1. The van der Waals surface area contributed by atoms with Crippen LogP contribution in [-0.2, 0) is 4.74 Å².